The molecule has 3 heteroatoms. The SMILES string of the molecule is CCCCCCN1c2ccccc2Sc2cc(/C=C/C3=[N+](CCCCCC)c4ccccc4C3(C)C)ccc21. The predicted octanol–water partition coefficient (Wildman–Crippen LogP) is 10.5. The summed E-state index contributed by atoms with van der Waals surface area (Å²) in [6.07, 6.45) is 15.0. The van der Waals surface area contributed by atoms with Crippen LogP contribution in [-0.4, -0.2) is 23.4 Å². The maximum atomic E-state index is 2.59. The van der Waals surface area contributed by atoms with Crippen molar-refractivity contribution in [3.8, 4) is 0 Å². The molecule has 3 aromatic carbocycles. The van der Waals surface area contributed by atoms with Gasteiger partial charge in [0.05, 0.1) is 16.8 Å². The van der Waals surface area contributed by atoms with E-state index in [1.165, 1.54) is 95.1 Å². The Morgan fingerprint density at radius 2 is 1.46 bits per heavy atom. The van der Waals surface area contributed by atoms with Crippen LogP contribution in [0.1, 0.15) is 90.2 Å². The van der Waals surface area contributed by atoms with Crippen molar-refractivity contribution in [3.05, 3.63) is 83.9 Å². The molecule has 5 rings (SSSR count). The summed E-state index contributed by atoms with van der Waals surface area (Å²) in [6.45, 7) is 11.5. The minimum Gasteiger partial charge on any atom is -0.340 e. The molecule has 0 spiro atoms. The molecule has 0 amide bonds. The highest BCUT2D eigenvalue weighted by molar-refractivity contribution is 7.99. The highest BCUT2D eigenvalue weighted by atomic mass is 32.2. The molecule has 39 heavy (non-hydrogen) atoms. The van der Waals surface area contributed by atoms with Crippen LogP contribution in [0.5, 0.6) is 0 Å². The van der Waals surface area contributed by atoms with Gasteiger partial charge in [0.15, 0.2) is 5.71 Å². The maximum absolute atomic E-state index is 2.59. The molecular formula is C36H45N2S+. The second kappa shape index (κ2) is 12.6. The second-order valence-electron chi connectivity index (χ2n) is 11.6. The summed E-state index contributed by atoms with van der Waals surface area (Å²) in [6, 6.07) is 24.9. The highest BCUT2D eigenvalue weighted by Gasteiger charge is 2.43. The fraction of sp³-hybridized carbons (Fsp3) is 0.417. The number of hydrogen-bond donors (Lipinski definition) is 0. The minimum absolute atomic E-state index is 0.00492. The van der Waals surface area contributed by atoms with Crippen molar-refractivity contribution in [1.29, 1.82) is 0 Å². The molecule has 0 saturated heterocycles. The largest absolute Gasteiger partial charge is 0.340 e. The van der Waals surface area contributed by atoms with E-state index in [1.54, 1.807) is 0 Å². The summed E-state index contributed by atoms with van der Waals surface area (Å²) < 4.78 is 2.59. The van der Waals surface area contributed by atoms with Gasteiger partial charge < -0.3 is 4.90 Å². The smallest absolute Gasteiger partial charge is 0.209 e. The number of hydrogen-bond acceptors (Lipinski definition) is 2. The summed E-state index contributed by atoms with van der Waals surface area (Å²) >= 11 is 1.92. The number of unbranched alkanes of at least 4 members (excludes halogenated alkanes) is 6. The molecule has 0 aromatic heterocycles. The molecule has 0 unspecified atom stereocenters. The lowest BCUT2D eigenvalue weighted by atomic mass is 9.81. The minimum atomic E-state index is -0.00492. The van der Waals surface area contributed by atoms with E-state index in [-0.39, 0.29) is 5.41 Å². The lowest BCUT2D eigenvalue weighted by Crippen LogP contribution is -2.27. The van der Waals surface area contributed by atoms with Gasteiger partial charge >= 0.3 is 0 Å². The zero-order chi connectivity index (χ0) is 27.2. The summed E-state index contributed by atoms with van der Waals surface area (Å²) in [7, 11) is 0. The van der Waals surface area contributed by atoms with Gasteiger partial charge in [0.2, 0.25) is 5.69 Å². The average molecular weight is 538 g/mol. The zero-order valence-corrected chi connectivity index (χ0v) is 25.2. The Morgan fingerprint density at radius 1 is 0.744 bits per heavy atom. The van der Waals surface area contributed by atoms with Crippen molar-refractivity contribution in [2.24, 2.45) is 0 Å². The normalized spacial score (nSPS) is 15.5. The number of para-hydroxylation sites is 2. The van der Waals surface area contributed by atoms with Crippen molar-refractivity contribution in [2.75, 3.05) is 18.0 Å². The quantitative estimate of drug-likeness (QED) is 0.167. The number of nitrogens with zero attached hydrogens (tertiary/aromatic N) is 2. The fourth-order valence-corrected chi connectivity index (χ4v) is 7.29. The van der Waals surface area contributed by atoms with Crippen LogP contribution in [0.15, 0.2) is 82.6 Å². The number of fused-ring (bicyclic) bond motifs is 3. The van der Waals surface area contributed by atoms with Gasteiger partial charge in [-0.15, -0.1) is 0 Å². The molecular weight excluding hydrogens is 492 g/mol. The molecule has 204 valence electrons. The van der Waals surface area contributed by atoms with E-state index in [2.05, 4.69) is 116 Å². The van der Waals surface area contributed by atoms with E-state index in [0.29, 0.717) is 0 Å². The fourth-order valence-electron chi connectivity index (χ4n) is 6.15. The van der Waals surface area contributed by atoms with Gasteiger partial charge in [-0.25, -0.2) is 0 Å². The standard InChI is InChI=1S/C36H45N2S/c1-5-7-9-15-25-37-31-19-13-14-20-33(31)39-34-27-28(21-23-32(34)37)22-24-35-36(3,4)29-17-11-12-18-30(29)38(35)26-16-10-8-6-2/h11-14,17-24,27H,5-10,15-16,25-26H2,1-4H3/q+1. The van der Waals surface area contributed by atoms with Crippen LogP contribution in [0.3, 0.4) is 0 Å². The Balaban J connectivity index is 1.43. The summed E-state index contributed by atoms with van der Waals surface area (Å²) in [5.74, 6) is 0. The third-order valence-corrected chi connectivity index (χ3v) is 9.47. The molecule has 0 aliphatic carbocycles. The van der Waals surface area contributed by atoms with Crippen LogP contribution in [-0.2, 0) is 5.41 Å². The van der Waals surface area contributed by atoms with Crippen LogP contribution in [0.4, 0.5) is 17.1 Å². The monoisotopic (exact) mass is 537 g/mol. The first kappa shape index (κ1) is 27.8. The Labute approximate surface area is 240 Å². The van der Waals surface area contributed by atoms with E-state index >= 15 is 0 Å². The highest BCUT2D eigenvalue weighted by Crippen LogP contribution is 2.48. The molecule has 0 atom stereocenters. The summed E-state index contributed by atoms with van der Waals surface area (Å²) in [5.41, 5.74) is 8.21. The van der Waals surface area contributed by atoms with Crippen molar-refractivity contribution >= 4 is 40.6 Å². The lowest BCUT2D eigenvalue weighted by molar-refractivity contribution is -0.438. The van der Waals surface area contributed by atoms with Crippen LogP contribution >= 0.6 is 11.8 Å². The van der Waals surface area contributed by atoms with E-state index in [4.69, 9.17) is 0 Å². The third-order valence-electron chi connectivity index (χ3n) is 8.35. The van der Waals surface area contributed by atoms with Gasteiger partial charge in [-0.3, -0.25) is 0 Å². The Bertz CT molecular complexity index is 1350. The van der Waals surface area contributed by atoms with Crippen LogP contribution in [0, 0.1) is 0 Å². The third kappa shape index (κ3) is 5.89. The summed E-state index contributed by atoms with van der Waals surface area (Å²) in [5, 5.41) is 0. The Kier molecular flexibility index (Phi) is 8.97. The van der Waals surface area contributed by atoms with E-state index in [1.807, 2.05) is 11.8 Å². The van der Waals surface area contributed by atoms with Crippen molar-refractivity contribution < 1.29 is 4.58 Å². The molecule has 2 aliphatic rings. The number of benzene rings is 3. The number of allylic oxidation sites excluding steroid dienone is 1. The molecule has 2 nitrogen and oxygen atoms in total. The molecule has 2 aliphatic heterocycles. The van der Waals surface area contributed by atoms with Gasteiger partial charge in [0.1, 0.15) is 6.54 Å². The molecule has 0 N–H and O–H groups in total. The van der Waals surface area contributed by atoms with E-state index in [9.17, 15) is 0 Å². The van der Waals surface area contributed by atoms with Crippen LogP contribution in [0.2, 0.25) is 0 Å². The summed E-state index contributed by atoms with van der Waals surface area (Å²) in [4.78, 5) is 5.27. The van der Waals surface area contributed by atoms with Gasteiger partial charge in [0.25, 0.3) is 0 Å². The van der Waals surface area contributed by atoms with Crippen LogP contribution in [0.25, 0.3) is 6.08 Å². The van der Waals surface area contributed by atoms with Gasteiger partial charge in [-0.05, 0) is 62.6 Å². The maximum Gasteiger partial charge on any atom is 0.209 e. The van der Waals surface area contributed by atoms with Crippen molar-refractivity contribution in [1.82, 2.24) is 0 Å². The first-order valence-electron chi connectivity index (χ1n) is 15.2. The molecule has 0 fully saturated rings. The van der Waals surface area contributed by atoms with E-state index in [0.717, 1.165) is 13.1 Å². The van der Waals surface area contributed by atoms with Gasteiger partial charge in [-0.1, -0.05) is 94.1 Å². The molecule has 0 saturated carbocycles. The van der Waals surface area contributed by atoms with Crippen molar-refractivity contribution in [2.45, 2.75) is 94.3 Å². The number of rotatable bonds is 12. The zero-order valence-electron chi connectivity index (χ0n) is 24.4. The predicted molar refractivity (Wildman–Crippen MR) is 171 cm³/mol. The Morgan fingerprint density at radius 3 is 2.28 bits per heavy atom. The number of anilines is 2. The van der Waals surface area contributed by atoms with Crippen molar-refractivity contribution in [3.63, 3.8) is 0 Å². The topological polar surface area (TPSA) is 6.25 Å². The van der Waals surface area contributed by atoms with Gasteiger partial charge in [-0.2, -0.15) is 4.58 Å². The van der Waals surface area contributed by atoms with Crippen LogP contribution < -0.4 is 4.90 Å². The first-order chi connectivity index (χ1) is 19.0. The molecule has 3 aromatic rings. The first-order valence-corrected chi connectivity index (χ1v) is 16.0. The molecule has 2 heterocycles. The lowest BCUT2D eigenvalue weighted by Gasteiger charge is -2.33. The molecule has 0 radical (unpaired) electrons. The van der Waals surface area contributed by atoms with E-state index < -0.39 is 0 Å². The van der Waals surface area contributed by atoms with Gasteiger partial charge in [0, 0.05) is 40.5 Å². The second-order valence-corrected chi connectivity index (χ2v) is 12.7. The average Bonchev–Trinajstić information content (AvgIpc) is 3.17. The Hall–Kier alpha value is -2.78. The molecule has 0 bridgehead atoms.